The van der Waals surface area contributed by atoms with Crippen molar-refractivity contribution in [2.75, 3.05) is 17.8 Å². The summed E-state index contributed by atoms with van der Waals surface area (Å²) < 4.78 is 43.6. The number of hydrogen-bond acceptors (Lipinski definition) is 6. The maximum atomic E-state index is 12.9. The van der Waals surface area contributed by atoms with Crippen LogP contribution in [0, 0.1) is 5.82 Å². The molecule has 1 aromatic heterocycles. The Labute approximate surface area is 144 Å². The van der Waals surface area contributed by atoms with Gasteiger partial charge in [-0.3, -0.25) is 0 Å². The fraction of sp³-hybridized carbons (Fsp3) is 0.467. The summed E-state index contributed by atoms with van der Waals surface area (Å²) in [4.78, 5) is 4.46. The lowest BCUT2D eigenvalue weighted by atomic mass is 10.3. The molecule has 9 heteroatoms. The molecule has 0 unspecified atom stereocenters. The molecule has 24 heavy (non-hydrogen) atoms. The molecule has 1 aliphatic heterocycles. The first-order valence-corrected chi connectivity index (χ1v) is 10.7. The average molecular weight is 371 g/mol. The number of aromatic nitrogens is 3. The van der Waals surface area contributed by atoms with Gasteiger partial charge >= 0.3 is 0 Å². The van der Waals surface area contributed by atoms with Crippen molar-refractivity contribution in [3.63, 3.8) is 0 Å². The van der Waals surface area contributed by atoms with Crippen LogP contribution in [0.15, 0.2) is 24.3 Å². The molecule has 1 aromatic carbocycles. The lowest BCUT2D eigenvalue weighted by molar-refractivity contribution is 0.293. The van der Waals surface area contributed by atoms with Crippen molar-refractivity contribution in [3.05, 3.63) is 41.7 Å². The summed E-state index contributed by atoms with van der Waals surface area (Å²) in [6.07, 6.45) is 2.52. The fourth-order valence-corrected chi connectivity index (χ4v) is 4.78. The number of sulfone groups is 1. The zero-order chi connectivity index (χ0) is 17.2. The van der Waals surface area contributed by atoms with Crippen LogP contribution in [0.1, 0.15) is 24.1 Å². The maximum Gasteiger partial charge on any atom is 0.188 e. The van der Waals surface area contributed by atoms with E-state index in [1.807, 2.05) is 6.26 Å². The Balaban J connectivity index is 1.74. The first-order chi connectivity index (χ1) is 11.5. The Hall–Kier alpha value is -1.61. The Kier molecular flexibility index (Phi) is 5.09. The Bertz CT molecular complexity index is 806. The highest BCUT2D eigenvalue weighted by Crippen LogP contribution is 2.25. The Morgan fingerprint density at radius 2 is 2.12 bits per heavy atom. The number of rotatable bonds is 6. The summed E-state index contributed by atoms with van der Waals surface area (Å²) in [5.41, 5.74) is 0. The molecule has 1 fully saturated rings. The van der Waals surface area contributed by atoms with Gasteiger partial charge in [-0.2, -0.15) is 16.9 Å². The summed E-state index contributed by atoms with van der Waals surface area (Å²) in [5.74, 6) is 2.40. The molecule has 1 saturated heterocycles. The van der Waals surface area contributed by atoms with E-state index in [9.17, 15) is 12.8 Å². The number of ether oxygens (including phenoxy) is 1. The molecule has 130 valence electrons. The van der Waals surface area contributed by atoms with Gasteiger partial charge in [0.05, 0.1) is 23.3 Å². The van der Waals surface area contributed by atoms with E-state index in [2.05, 4.69) is 10.1 Å². The molecule has 1 aliphatic rings. The van der Waals surface area contributed by atoms with Gasteiger partial charge in [-0.15, -0.1) is 0 Å². The molecule has 3 rings (SSSR count). The van der Waals surface area contributed by atoms with Gasteiger partial charge in [0.15, 0.2) is 15.7 Å². The summed E-state index contributed by atoms with van der Waals surface area (Å²) in [5, 5.41) is 4.44. The van der Waals surface area contributed by atoms with Crippen LogP contribution < -0.4 is 4.74 Å². The summed E-state index contributed by atoms with van der Waals surface area (Å²) in [6, 6.07) is 5.56. The molecular weight excluding hydrogens is 353 g/mol. The quantitative estimate of drug-likeness (QED) is 0.775. The first kappa shape index (κ1) is 17.2. The van der Waals surface area contributed by atoms with Gasteiger partial charge in [0.1, 0.15) is 24.0 Å². The lowest BCUT2D eigenvalue weighted by Gasteiger charge is -2.10. The average Bonchev–Trinajstić information content (AvgIpc) is 3.10. The second-order valence-corrected chi connectivity index (χ2v) is 8.72. The van der Waals surface area contributed by atoms with Gasteiger partial charge in [0.2, 0.25) is 0 Å². The van der Waals surface area contributed by atoms with Crippen LogP contribution in [0.2, 0.25) is 0 Å². The summed E-state index contributed by atoms with van der Waals surface area (Å²) in [7, 11) is -2.99. The molecule has 0 amide bonds. The molecule has 2 aromatic rings. The van der Waals surface area contributed by atoms with Crippen molar-refractivity contribution >= 4 is 21.6 Å². The highest BCUT2D eigenvalue weighted by Gasteiger charge is 2.31. The second-order valence-electron chi connectivity index (χ2n) is 5.62. The zero-order valence-electron chi connectivity index (χ0n) is 13.2. The van der Waals surface area contributed by atoms with Crippen LogP contribution in [0.3, 0.4) is 0 Å². The largest absolute Gasteiger partial charge is 0.486 e. The predicted octanol–water partition coefficient (Wildman–Crippen LogP) is 2.22. The van der Waals surface area contributed by atoms with Gasteiger partial charge in [-0.25, -0.2) is 22.5 Å². The number of benzene rings is 1. The normalized spacial score (nSPS) is 19.5. The molecule has 6 nitrogen and oxygen atoms in total. The first-order valence-electron chi connectivity index (χ1n) is 7.49. The molecule has 0 radical (unpaired) electrons. The van der Waals surface area contributed by atoms with Crippen molar-refractivity contribution in [3.8, 4) is 5.75 Å². The molecule has 0 aliphatic carbocycles. The minimum atomic E-state index is -2.99. The van der Waals surface area contributed by atoms with Crippen LogP contribution in [-0.2, 0) is 22.2 Å². The van der Waals surface area contributed by atoms with Gasteiger partial charge in [0.25, 0.3) is 0 Å². The minimum absolute atomic E-state index is 0.107. The third-order valence-electron chi connectivity index (χ3n) is 3.76. The SMILES string of the molecule is CSCc1nc(COc2ccc(F)cc2)nn1[C@H]1CCS(=O)(=O)C1. The molecule has 0 saturated carbocycles. The molecule has 1 atom stereocenters. The van der Waals surface area contributed by atoms with Crippen LogP contribution in [0.25, 0.3) is 0 Å². The summed E-state index contributed by atoms with van der Waals surface area (Å²) in [6.45, 7) is 0.152. The number of halogens is 1. The van der Waals surface area contributed by atoms with Crippen molar-refractivity contribution in [1.82, 2.24) is 14.8 Å². The van der Waals surface area contributed by atoms with Crippen LogP contribution in [0.5, 0.6) is 5.75 Å². The molecular formula is C15H18FN3O3S2. The van der Waals surface area contributed by atoms with Crippen molar-refractivity contribution in [1.29, 1.82) is 0 Å². The van der Waals surface area contributed by atoms with Crippen LogP contribution in [0.4, 0.5) is 4.39 Å². The van der Waals surface area contributed by atoms with Crippen molar-refractivity contribution in [2.45, 2.75) is 24.8 Å². The highest BCUT2D eigenvalue weighted by molar-refractivity contribution is 7.97. The molecule has 0 N–H and O–H groups in total. The van der Waals surface area contributed by atoms with E-state index in [1.165, 1.54) is 12.1 Å². The minimum Gasteiger partial charge on any atom is -0.486 e. The second kappa shape index (κ2) is 7.10. The highest BCUT2D eigenvalue weighted by atomic mass is 32.2. The van der Waals surface area contributed by atoms with Crippen molar-refractivity contribution < 1.29 is 17.5 Å². The molecule has 0 spiro atoms. The smallest absolute Gasteiger partial charge is 0.188 e. The number of thioether (sulfide) groups is 1. The molecule has 2 heterocycles. The van der Waals surface area contributed by atoms with Gasteiger partial charge in [0, 0.05) is 0 Å². The monoisotopic (exact) mass is 371 g/mol. The molecule has 0 bridgehead atoms. The van der Waals surface area contributed by atoms with E-state index >= 15 is 0 Å². The topological polar surface area (TPSA) is 74.1 Å². The van der Waals surface area contributed by atoms with E-state index in [-0.39, 0.29) is 30.0 Å². The van der Waals surface area contributed by atoms with Gasteiger partial charge < -0.3 is 4.74 Å². The van der Waals surface area contributed by atoms with E-state index in [4.69, 9.17) is 4.74 Å². The van der Waals surface area contributed by atoms with Gasteiger partial charge in [-0.05, 0) is 36.9 Å². The van der Waals surface area contributed by atoms with Crippen LogP contribution >= 0.6 is 11.8 Å². The van der Waals surface area contributed by atoms with Crippen molar-refractivity contribution in [2.24, 2.45) is 0 Å². The lowest BCUT2D eigenvalue weighted by Crippen LogP contribution is -2.15. The number of nitrogens with zero attached hydrogens (tertiary/aromatic N) is 3. The van der Waals surface area contributed by atoms with E-state index in [0.29, 0.717) is 23.7 Å². The number of hydrogen-bond donors (Lipinski definition) is 0. The zero-order valence-corrected chi connectivity index (χ0v) is 14.8. The third kappa shape index (κ3) is 4.07. The van der Waals surface area contributed by atoms with E-state index < -0.39 is 9.84 Å². The van der Waals surface area contributed by atoms with E-state index in [1.54, 1.807) is 28.6 Å². The standard InChI is InChI=1S/C15H18FN3O3S2/c1-23-9-15-17-14(8-22-13-4-2-11(16)3-5-13)18-19(15)12-6-7-24(20,21)10-12/h2-5,12H,6-10H2,1H3/t12-/m0/s1. The maximum absolute atomic E-state index is 12.9. The van der Waals surface area contributed by atoms with Crippen LogP contribution in [-0.4, -0.2) is 40.9 Å². The predicted molar refractivity (Wildman–Crippen MR) is 90.3 cm³/mol. The Morgan fingerprint density at radius 1 is 1.38 bits per heavy atom. The van der Waals surface area contributed by atoms with E-state index in [0.717, 1.165) is 5.82 Å². The Morgan fingerprint density at radius 3 is 2.75 bits per heavy atom. The summed E-state index contributed by atoms with van der Waals surface area (Å²) >= 11 is 1.60. The van der Waals surface area contributed by atoms with Gasteiger partial charge in [-0.1, -0.05) is 0 Å². The third-order valence-corrected chi connectivity index (χ3v) is 6.05. The fourth-order valence-electron chi connectivity index (χ4n) is 2.63.